The monoisotopic (exact) mass is 461 g/mol. The maximum atomic E-state index is 13.6. The van der Waals surface area contributed by atoms with Gasteiger partial charge in [0.25, 0.3) is 0 Å². The van der Waals surface area contributed by atoms with E-state index < -0.39 is 11.9 Å². The second-order valence-corrected chi connectivity index (χ2v) is 9.51. The van der Waals surface area contributed by atoms with Gasteiger partial charge in [0.15, 0.2) is 17.3 Å². The molecule has 1 atom stereocenters. The number of rotatable bonds is 4. The van der Waals surface area contributed by atoms with Crippen LogP contribution in [-0.2, 0) is 9.53 Å². The topological polar surface area (TPSA) is 87.0 Å². The van der Waals surface area contributed by atoms with Crippen LogP contribution in [0.1, 0.15) is 54.3 Å². The van der Waals surface area contributed by atoms with Gasteiger partial charge in [-0.3, -0.25) is 4.79 Å². The second-order valence-electron chi connectivity index (χ2n) is 9.51. The molecule has 0 fully saturated rings. The number of carbonyl (C=O) groups excluding carboxylic acids is 2. The number of anilines is 1. The minimum Gasteiger partial charge on any atom is -0.493 e. The van der Waals surface area contributed by atoms with Crippen molar-refractivity contribution in [3.8, 4) is 11.5 Å². The average Bonchev–Trinajstić information content (AvgIpc) is 3.25. The molecule has 7 nitrogen and oxygen atoms in total. The third kappa shape index (κ3) is 3.34. The van der Waals surface area contributed by atoms with E-state index in [0.717, 1.165) is 34.3 Å². The molecule has 7 heteroatoms. The molecule has 2 aliphatic rings. The molecule has 34 heavy (non-hydrogen) atoms. The highest BCUT2D eigenvalue weighted by Gasteiger charge is 2.42. The lowest BCUT2D eigenvalue weighted by atomic mass is 9.68. The Balaban J connectivity index is 1.83. The van der Waals surface area contributed by atoms with Gasteiger partial charge in [-0.1, -0.05) is 26.0 Å². The van der Waals surface area contributed by atoms with Crippen LogP contribution in [0, 0.1) is 5.41 Å². The maximum absolute atomic E-state index is 13.6. The van der Waals surface area contributed by atoms with E-state index in [1.807, 2.05) is 30.3 Å². The summed E-state index contributed by atoms with van der Waals surface area (Å²) in [6.45, 7) is 4.21. The predicted molar refractivity (Wildman–Crippen MR) is 128 cm³/mol. The molecule has 2 heterocycles. The number of hydrogen-bond donors (Lipinski definition) is 1. The van der Waals surface area contributed by atoms with Crippen molar-refractivity contribution in [2.24, 2.45) is 5.41 Å². The van der Waals surface area contributed by atoms with E-state index in [2.05, 4.69) is 19.2 Å². The molecule has 1 N–H and O–H groups in total. The molecule has 0 saturated heterocycles. The fraction of sp³-hybridized carbons (Fsp3) is 0.333. The van der Waals surface area contributed by atoms with Gasteiger partial charge in [-0.05, 0) is 41.7 Å². The van der Waals surface area contributed by atoms with Crippen LogP contribution in [0.2, 0.25) is 0 Å². The van der Waals surface area contributed by atoms with Crippen molar-refractivity contribution in [3.63, 3.8) is 0 Å². The van der Waals surface area contributed by atoms with Crippen molar-refractivity contribution in [3.05, 3.63) is 64.6 Å². The Morgan fingerprint density at radius 2 is 1.88 bits per heavy atom. The highest BCUT2D eigenvalue weighted by molar-refractivity contribution is 6.05. The second kappa shape index (κ2) is 7.94. The molecule has 2 aromatic carbocycles. The van der Waals surface area contributed by atoms with E-state index >= 15 is 0 Å². The molecule has 0 saturated carbocycles. The lowest BCUT2D eigenvalue weighted by molar-refractivity contribution is -0.118. The molecule has 3 aromatic rings. The van der Waals surface area contributed by atoms with Crippen LogP contribution in [-0.4, -0.2) is 33.1 Å². The normalized spacial score (nSPS) is 18.7. The first kappa shape index (κ1) is 22.1. The summed E-state index contributed by atoms with van der Waals surface area (Å²) in [6, 6.07) is 11.1. The third-order valence-corrected chi connectivity index (χ3v) is 6.66. The fourth-order valence-electron chi connectivity index (χ4n) is 5.29. The van der Waals surface area contributed by atoms with Gasteiger partial charge in [0.2, 0.25) is 5.76 Å². The zero-order valence-electron chi connectivity index (χ0n) is 19.9. The summed E-state index contributed by atoms with van der Waals surface area (Å²) in [5.74, 6) is 0.374. The number of furan rings is 1. The SMILES string of the molecule is COC(=O)c1cc2c3c(ccc2o1)NC1=C(C(=O)CC(C)(C)C1)C3c1cccc(OC)c1OC. The summed E-state index contributed by atoms with van der Waals surface area (Å²) in [6.07, 6.45) is 1.19. The van der Waals surface area contributed by atoms with Crippen molar-refractivity contribution in [2.75, 3.05) is 26.6 Å². The number of ketones is 1. The zero-order valence-corrected chi connectivity index (χ0v) is 19.9. The Kier molecular flexibility index (Phi) is 5.15. The van der Waals surface area contributed by atoms with Crippen LogP contribution in [0.3, 0.4) is 0 Å². The molecular weight excluding hydrogens is 434 g/mol. The molecule has 0 bridgehead atoms. The van der Waals surface area contributed by atoms with Crippen molar-refractivity contribution < 1.29 is 28.2 Å². The number of ether oxygens (including phenoxy) is 3. The molecule has 1 aliphatic carbocycles. The Labute approximate surface area is 197 Å². The summed E-state index contributed by atoms with van der Waals surface area (Å²) >= 11 is 0. The summed E-state index contributed by atoms with van der Waals surface area (Å²) in [7, 11) is 4.50. The van der Waals surface area contributed by atoms with Crippen LogP contribution >= 0.6 is 0 Å². The summed E-state index contributed by atoms with van der Waals surface area (Å²) in [4.78, 5) is 25.8. The smallest absolute Gasteiger partial charge is 0.373 e. The Morgan fingerprint density at radius 3 is 2.59 bits per heavy atom. The Morgan fingerprint density at radius 1 is 1.09 bits per heavy atom. The van der Waals surface area contributed by atoms with Gasteiger partial charge in [-0.25, -0.2) is 4.79 Å². The molecule has 0 amide bonds. The summed E-state index contributed by atoms with van der Waals surface area (Å²) in [5.41, 5.74) is 4.56. The van der Waals surface area contributed by atoms with Crippen LogP contribution < -0.4 is 14.8 Å². The number of esters is 1. The van der Waals surface area contributed by atoms with E-state index in [1.54, 1.807) is 20.3 Å². The molecule has 1 aromatic heterocycles. The summed E-state index contributed by atoms with van der Waals surface area (Å²) < 4.78 is 22.0. The molecule has 0 radical (unpaired) electrons. The number of para-hydroxylation sites is 1. The quantitative estimate of drug-likeness (QED) is 0.518. The highest BCUT2D eigenvalue weighted by Crippen LogP contribution is 2.53. The minimum atomic E-state index is -0.556. The first-order valence-electron chi connectivity index (χ1n) is 11.2. The van der Waals surface area contributed by atoms with Gasteiger partial charge in [-0.2, -0.15) is 0 Å². The van der Waals surface area contributed by atoms with Gasteiger partial charge in [-0.15, -0.1) is 0 Å². The lowest BCUT2D eigenvalue weighted by Crippen LogP contribution is -2.34. The predicted octanol–water partition coefficient (Wildman–Crippen LogP) is 5.44. The lowest BCUT2D eigenvalue weighted by Gasteiger charge is -2.40. The maximum Gasteiger partial charge on any atom is 0.373 e. The number of hydrogen-bond acceptors (Lipinski definition) is 7. The van der Waals surface area contributed by atoms with E-state index in [0.29, 0.717) is 29.1 Å². The standard InChI is InChI=1S/C27H27NO6/c1-27(2)12-17-24(18(29)13-27)23(14-7-6-8-20(31-3)25(14)32-4)22-15-11-21(26(30)33-5)34-19(15)10-9-16(22)28-17/h6-11,23,28H,12-13H2,1-5H3. The van der Waals surface area contributed by atoms with Gasteiger partial charge in [0.05, 0.1) is 21.3 Å². The van der Waals surface area contributed by atoms with Gasteiger partial charge < -0.3 is 23.9 Å². The van der Waals surface area contributed by atoms with Gasteiger partial charge >= 0.3 is 5.97 Å². The van der Waals surface area contributed by atoms with E-state index in [-0.39, 0.29) is 17.0 Å². The van der Waals surface area contributed by atoms with E-state index in [4.69, 9.17) is 18.6 Å². The number of methoxy groups -OCH3 is 3. The highest BCUT2D eigenvalue weighted by atomic mass is 16.5. The third-order valence-electron chi connectivity index (χ3n) is 6.66. The van der Waals surface area contributed by atoms with Crippen molar-refractivity contribution in [1.82, 2.24) is 0 Å². The number of nitrogens with one attached hydrogen (secondary N) is 1. The van der Waals surface area contributed by atoms with Crippen LogP contribution in [0.4, 0.5) is 5.69 Å². The number of allylic oxidation sites excluding steroid dienone is 2. The number of fused-ring (bicyclic) bond motifs is 3. The van der Waals surface area contributed by atoms with Crippen LogP contribution in [0.15, 0.2) is 52.1 Å². The van der Waals surface area contributed by atoms with Crippen molar-refractivity contribution >= 4 is 28.4 Å². The first-order chi connectivity index (χ1) is 16.3. The van der Waals surface area contributed by atoms with E-state index in [1.165, 1.54) is 7.11 Å². The minimum absolute atomic E-state index is 0.0907. The van der Waals surface area contributed by atoms with Gasteiger partial charge in [0.1, 0.15) is 5.58 Å². The van der Waals surface area contributed by atoms with Crippen LogP contribution in [0.25, 0.3) is 11.0 Å². The largest absolute Gasteiger partial charge is 0.493 e. The zero-order chi connectivity index (χ0) is 24.2. The van der Waals surface area contributed by atoms with Gasteiger partial charge in [0, 0.05) is 40.2 Å². The number of benzene rings is 2. The molecule has 176 valence electrons. The van der Waals surface area contributed by atoms with E-state index in [9.17, 15) is 9.59 Å². The average molecular weight is 462 g/mol. The number of Topliss-reactive ketones (excluding diaryl/α,β-unsaturated/α-hetero) is 1. The van der Waals surface area contributed by atoms with Crippen molar-refractivity contribution in [2.45, 2.75) is 32.6 Å². The summed E-state index contributed by atoms with van der Waals surface area (Å²) in [5, 5.41) is 4.26. The molecular formula is C27H27NO6. The Hall–Kier alpha value is -3.74. The molecule has 0 spiro atoms. The van der Waals surface area contributed by atoms with Crippen molar-refractivity contribution in [1.29, 1.82) is 0 Å². The molecule has 5 rings (SSSR count). The number of carbonyl (C=O) groups is 2. The molecule has 1 unspecified atom stereocenters. The van der Waals surface area contributed by atoms with Crippen LogP contribution in [0.5, 0.6) is 11.5 Å². The molecule has 1 aliphatic heterocycles. The first-order valence-corrected chi connectivity index (χ1v) is 11.2. The fourth-order valence-corrected chi connectivity index (χ4v) is 5.29. The Bertz CT molecular complexity index is 1360.